The maximum Gasteiger partial charge on any atom is 0.219 e. The van der Waals surface area contributed by atoms with E-state index in [1.807, 2.05) is 6.92 Å². The highest BCUT2D eigenvalue weighted by molar-refractivity contribution is 5.73. The number of rotatable bonds is 2. The third kappa shape index (κ3) is 2.69. The van der Waals surface area contributed by atoms with Crippen LogP contribution < -0.4 is 0 Å². The first-order valence-corrected chi connectivity index (χ1v) is 5.14. The average molecular weight is 201 g/mol. The van der Waals surface area contributed by atoms with Gasteiger partial charge in [-0.3, -0.25) is 4.79 Å². The normalized spacial score (nSPS) is 25.2. The molecule has 2 N–H and O–H groups in total. The van der Waals surface area contributed by atoms with Gasteiger partial charge in [0.1, 0.15) is 0 Å². The van der Waals surface area contributed by atoms with E-state index in [2.05, 4.69) is 0 Å². The molecule has 0 spiro atoms. The predicted molar refractivity (Wildman–Crippen MR) is 52.4 cm³/mol. The molecule has 1 fully saturated rings. The number of carbonyl (C=O) groups excluding carboxylic acids is 1. The van der Waals surface area contributed by atoms with Gasteiger partial charge in [-0.05, 0) is 18.8 Å². The summed E-state index contributed by atoms with van der Waals surface area (Å²) in [5.74, 6) is 0.138. The molecule has 0 saturated carbocycles. The Morgan fingerprint density at radius 3 is 2.64 bits per heavy atom. The molecule has 2 atom stereocenters. The maximum atomic E-state index is 11.1. The van der Waals surface area contributed by atoms with Crippen LogP contribution in [0.15, 0.2) is 0 Å². The number of amides is 1. The quantitative estimate of drug-likeness (QED) is 0.627. The standard InChI is InChI=1S/C10H19NO3/c1-7(10(13)14)9-4-3-5-11(6-9)8(2)12/h7,9-10,13-14H,3-6H2,1-2H3. The van der Waals surface area contributed by atoms with Crippen molar-refractivity contribution in [2.75, 3.05) is 13.1 Å². The van der Waals surface area contributed by atoms with Gasteiger partial charge in [0.05, 0.1) is 0 Å². The van der Waals surface area contributed by atoms with E-state index in [-0.39, 0.29) is 17.7 Å². The number of aliphatic hydroxyl groups excluding tert-OH is 1. The fourth-order valence-electron chi connectivity index (χ4n) is 1.97. The third-order valence-electron chi connectivity index (χ3n) is 3.12. The summed E-state index contributed by atoms with van der Waals surface area (Å²) in [5.41, 5.74) is 0. The molecule has 4 nitrogen and oxygen atoms in total. The van der Waals surface area contributed by atoms with Crippen LogP contribution >= 0.6 is 0 Å². The molecule has 4 heteroatoms. The molecule has 0 aromatic heterocycles. The number of aliphatic hydroxyl groups is 2. The molecule has 0 aromatic rings. The van der Waals surface area contributed by atoms with Crippen molar-refractivity contribution in [3.05, 3.63) is 0 Å². The zero-order valence-electron chi connectivity index (χ0n) is 8.81. The number of piperidine rings is 1. The van der Waals surface area contributed by atoms with Gasteiger partial charge >= 0.3 is 0 Å². The van der Waals surface area contributed by atoms with Crippen molar-refractivity contribution in [2.45, 2.75) is 33.0 Å². The van der Waals surface area contributed by atoms with Gasteiger partial charge in [0.25, 0.3) is 0 Å². The van der Waals surface area contributed by atoms with Gasteiger partial charge in [-0.15, -0.1) is 0 Å². The molecule has 1 aliphatic heterocycles. The Balaban J connectivity index is 2.51. The van der Waals surface area contributed by atoms with E-state index in [4.69, 9.17) is 10.2 Å². The molecule has 1 amide bonds. The highest BCUT2D eigenvalue weighted by atomic mass is 16.5. The van der Waals surface area contributed by atoms with Crippen LogP contribution in [0.3, 0.4) is 0 Å². The maximum absolute atomic E-state index is 11.1. The summed E-state index contributed by atoms with van der Waals surface area (Å²) in [4.78, 5) is 12.9. The van der Waals surface area contributed by atoms with Crippen molar-refractivity contribution in [1.82, 2.24) is 4.90 Å². The fourth-order valence-corrected chi connectivity index (χ4v) is 1.97. The van der Waals surface area contributed by atoms with E-state index in [1.54, 1.807) is 11.8 Å². The van der Waals surface area contributed by atoms with Crippen molar-refractivity contribution < 1.29 is 15.0 Å². The Morgan fingerprint density at radius 1 is 1.50 bits per heavy atom. The Bertz CT molecular complexity index is 206. The van der Waals surface area contributed by atoms with Crippen molar-refractivity contribution in [3.63, 3.8) is 0 Å². The van der Waals surface area contributed by atoms with Gasteiger partial charge in [0.15, 0.2) is 6.29 Å². The lowest BCUT2D eigenvalue weighted by atomic mass is 9.86. The van der Waals surface area contributed by atoms with E-state index in [0.29, 0.717) is 6.54 Å². The summed E-state index contributed by atoms with van der Waals surface area (Å²) < 4.78 is 0. The number of carbonyl (C=O) groups is 1. The highest BCUT2D eigenvalue weighted by Gasteiger charge is 2.28. The van der Waals surface area contributed by atoms with E-state index in [0.717, 1.165) is 19.4 Å². The lowest BCUT2D eigenvalue weighted by molar-refractivity contribution is -0.134. The monoisotopic (exact) mass is 201 g/mol. The van der Waals surface area contributed by atoms with E-state index in [9.17, 15) is 4.79 Å². The molecule has 1 aliphatic rings. The number of hydrogen-bond acceptors (Lipinski definition) is 3. The summed E-state index contributed by atoms with van der Waals surface area (Å²) in [6.45, 7) is 4.84. The van der Waals surface area contributed by atoms with Crippen LogP contribution in [0.1, 0.15) is 26.7 Å². The lowest BCUT2D eigenvalue weighted by Gasteiger charge is -2.35. The van der Waals surface area contributed by atoms with E-state index >= 15 is 0 Å². The van der Waals surface area contributed by atoms with Gasteiger partial charge in [-0.1, -0.05) is 6.92 Å². The zero-order chi connectivity index (χ0) is 10.7. The summed E-state index contributed by atoms with van der Waals surface area (Å²) in [7, 11) is 0. The van der Waals surface area contributed by atoms with Crippen LogP contribution in [0.25, 0.3) is 0 Å². The molecular formula is C10H19NO3. The second-order valence-corrected chi connectivity index (χ2v) is 4.14. The fraction of sp³-hybridized carbons (Fsp3) is 0.900. The SMILES string of the molecule is CC(=O)N1CCCC(C(C)C(O)O)C1. The molecule has 0 radical (unpaired) electrons. The molecular weight excluding hydrogens is 182 g/mol. The summed E-state index contributed by atoms with van der Waals surface area (Å²) >= 11 is 0. The van der Waals surface area contributed by atoms with Crippen LogP contribution in [0.4, 0.5) is 0 Å². The van der Waals surface area contributed by atoms with Gasteiger partial charge in [-0.2, -0.15) is 0 Å². The van der Waals surface area contributed by atoms with Crippen molar-refractivity contribution >= 4 is 5.91 Å². The molecule has 1 rings (SSSR count). The van der Waals surface area contributed by atoms with Crippen molar-refractivity contribution in [3.8, 4) is 0 Å². The van der Waals surface area contributed by atoms with Crippen LogP contribution in [0.5, 0.6) is 0 Å². The second kappa shape index (κ2) is 4.75. The Hall–Kier alpha value is -0.610. The van der Waals surface area contributed by atoms with Crippen LogP contribution in [0, 0.1) is 11.8 Å². The summed E-state index contributed by atoms with van der Waals surface area (Å²) in [5, 5.41) is 18.1. The first kappa shape index (κ1) is 11.5. The molecule has 82 valence electrons. The predicted octanol–water partition coefficient (Wildman–Crippen LogP) is 0.192. The number of nitrogens with zero attached hydrogens (tertiary/aromatic N) is 1. The minimum absolute atomic E-state index is 0.0781. The smallest absolute Gasteiger partial charge is 0.219 e. The van der Waals surface area contributed by atoms with E-state index in [1.165, 1.54) is 0 Å². The van der Waals surface area contributed by atoms with Gasteiger partial charge in [0.2, 0.25) is 5.91 Å². The molecule has 0 aliphatic carbocycles. The largest absolute Gasteiger partial charge is 0.368 e. The number of hydrogen-bond donors (Lipinski definition) is 2. The second-order valence-electron chi connectivity index (χ2n) is 4.14. The first-order valence-electron chi connectivity index (χ1n) is 5.14. The third-order valence-corrected chi connectivity index (χ3v) is 3.12. The summed E-state index contributed by atoms with van der Waals surface area (Å²) in [6, 6.07) is 0. The Morgan fingerprint density at radius 2 is 2.14 bits per heavy atom. The topological polar surface area (TPSA) is 60.8 Å². The summed E-state index contributed by atoms with van der Waals surface area (Å²) in [6.07, 6.45) is 0.663. The highest BCUT2D eigenvalue weighted by Crippen LogP contribution is 2.25. The Labute approximate surface area is 84.5 Å². The molecule has 1 heterocycles. The zero-order valence-corrected chi connectivity index (χ0v) is 8.81. The minimum atomic E-state index is -1.27. The van der Waals surface area contributed by atoms with Gasteiger partial charge in [-0.25, -0.2) is 0 Å². The lowest BCUT2D eigenvalue weighted by Crippen LogP contribution is -2.42. The molecule has 0 bridgehead atoms. The number of likely N-dealkylation sites (tertiary alicyclic amines) is 1. The average Bonchev–Trinajstić information content (AvgIpc) is 2.16. The minimum Gasteiger partial charge on any atom is -0.368 e. The van der Waals surface area contributed by atoms with Gasteiger partial charge < -0.3 is 15.1 Å². The molecule has 0 aromatic carbocycles. The molecule has 2 unspecified atom stereocenters. The van der Waals surface area contributed by atoms with Crippen molar-refractivity contribution in [1.29, 1.82) is 0 Å². The van der Waals surface area contributed by atoms with Gasteiger partial charge in [0, 0.05) is 25.9 Å². The van der Waals surface area contributed by atoms with Crippen LogP contribution in [-0.2, 0) is 4.79 Å². The van der Waals surface area contributed by atoms with Crippen LogP contribution in [-0.4, -0.2) is 40.4 Å². The Kier molecular flexibility index (Phi) is 3.89. The van der Waals surface area contributed by atoms with Crippen molar-refractivity contribution in [2.24, 2.45) is 11.8 Å². The van der Waals surface area contributed by atoms with E-state index < -0.39 is 6.29 Å². The molecule has 1 saturated heterocycles. The van der Waals surface area contributed by atoms with Crippen LogP contribution in [0.2, 0.25) is 0 Å². The molecule has 14 heavy (non-hydrogen) atoms. The first-order chi connectivity index (χ1) is 6.52.